The van der Waals surface area contributed by atoms with Gasteiger partial charge in [0.2, 0.25) is 5.91 Å². The molecule has 36 heavy (non-hydrogen) atoms. The number of nitrogens with zero attached hydrogens (tertiary/aromatic N) is 2. The number of rotatable bonds is 7. The Morgan fingerprint density at radius 3 is 2.47 bits per heavy atom. The highest BCUT2D eigenvalue weighted by Crippen LogP contribution is 2.54. The second-order valence-corrected chi connectivity index (χ2v) is 9.22. The molecule has 1 saturated carbocycles. The SMILES string of the molecule is C/C=C(\O/C=C/CC)C1(C(=O)N2CCC(C)=C(N=CCC)C2)CC1.CCC.c1ccc2occc2c1. The number of ether oxygens (including phenoxy) is 1. The minimum absolute atomic E-state index is 0.192. The third kappa shape index (κ3) is 7.97. The molecular weight excluding hydrogens is 448 g/mol. The number of carbonyl (C=O) groups is 1. The fourth-order valence-corrected chi connectivity index (χ4v) is 3.94. The second kappa shape index (κ2) is 15.1. The molecular formula is C31H44N2O3. The van der Waals surface area contributed by atoms with E-state index in [1.165, 1.54) is 12.0 Å². The summed E-state index contributed by atoms with van der Waals surface area (Å²) >= 11 is 0. The topological polar surface area (TPSA) is 55.0 Å². The van der Waals surface area contributed by atoms with Crippen LogP contribution in [-0.2, 0) is 9.53 Å². The molecule has 0 atom stereocenters. The van der Waals surface area contributed by atoms with E-state index in [-0.39, 0.29) is 5.91 Å². The van der Waals surface area contributed by atoms with Crippen LogP contribution in [0.5, 0.6) is 0 Å². The Morgan fingerprint density at radius 1 is 1.14 bits per heavy atom. The van der Waals surface area contributed by atoms with Gasteiger partial charge in [0.25, 0.3) is 0 Å². The van der Waals surface area contributed by atoms with Gasteiger partial charge in [0.1, 0.15) is 16.8 Å². The summed E-state index contributed by atoms with van der Waals surface area (Å²) in [5, 5.41) is 1.16. The van der Waals surface area contributed by atoms with Crippen LogP contribution < -0.4 is 0 Å². The van der Waals surface area contributed by atoms with Gasteiger partial charge in [-0.05, 0) is 75.8 Å². The van der Waals surface area contributed by atoms with Crippen LogP contribution in [0.25, 0.3) is 11.0 Å². The first-order chi connectivity index (χ1) is 17.5. The Labute approximate surface area is 217 Å². The number of amides is 1. The van der Waals surface area contributed by atoms with E-state index in [1.54, 1.807) is 12.5 Å². The van der Waals surface area contributed by atoms with Crippen molar-refractivity contribution in [2.75, 3.05) is 13.1 Å². The monoisotopic (exact) mass is 492 g/mol. The van der Waals surface area contributed by atoms with E-state index in [2.05, 4.69) is 39.6 Å². The van der Waals surface area contributed by atoms with Crippen molar-refractivity contribution in [3.8, 4) is 0 Å². The van der Waals surface area contributed by atoms with Crippen LogP contribution in [0.3, 0.4) is 0 Å². The maximum absolute atomic E-state index is 13.1. The van der Waals surface area contributed by atoms with Gasteiger partial charge < -0.3 is 14.1 Å². The lowest BCUT2D eigenvalue weighted by Crippen LogP contribution is -2.42. The van der Waals surface area contributed by atoms with Crippen molar-refractivity contribution in [2.45, 2.75) is 80.1 Å². The third-order valence-electron chi connectivity index (χ3n) is 6.09. The molecule has 1 amide bonds. The summed E-state index contributed by atoms with van der Waals surface area (Å²) in [6, 6.07) is 9.90. The van der Waals surface area contributed by atoms with Crippen molar-refractivity contribution in [1.82, 2.24) is 4.90 Å². The predicted molar refractivity (Wildman–Crippen MR) is 151 cm³/mol. The Hall–Kier alpha value is -3.08. The largest absolute Gasteiger partial charge is 0.469 e. The first kappa shape index (κ1) is 29.2. The molecule has 2 heterocycles. The molecule has 2 aliphatic rings. The van der Waals surface area contributed by atoms with E-state index in [0.717, 1.165) is 61.1 Å². The zero-order valence-electron chi connectivity index (χ0n) is 23.0. The maximum atomic E-state index is 13.1. The lowest BCUT2D eigenvalue weighted by Gasteiger charge is -2.32. The molecule has 1 aromatic heterocycles. The van der Waals surface area contributed by atoms with Crippen LogP contribution >= 0.6 is 0 Å². The molecule has 0 spiro atoms. The van der Waals surface area contributed by atoms with Gasteiger partial charge in [0.05, 0.1) is 24.8 Å². The highest BCUT2D eigenvalue weighted by Gasteiger charge is 2.56. The van der Waals surface area contributed by atoms with Gasteiger partial charge in [-0.25, -0.2) is 0 Å². The van der Waals surface area contributed by atoms with Gasteiger partial charge in [-0.2, -0.15) is 0 Å². The van der Waals surface area contributed by atoms with Crippen molar-refractivity contribution < 1.29 is 13.9 Å². The van der Waals surface area contributed by atoms with Crippen LogP contribution in [0.1, 0.15) is 80.1 Å². The summed E-state index contributed by atoms with van der Waals surface area (Å²) < 4.78 is 10.9. The summed E-state index contributed by atoms with van der Waals surface area (Å²) in [6.07, 6.45) is 15.0. The zero-order chi connectivity index (χ0) is 26.4. The number of aliphatic imine (C=N–C) groups is 1. The normalized spacial score (nSPS) is 17.1. The molecule has 196 valence electrons. The minimum Gasteiger partial charge on any atom is -0.469 e. The molecule has 1 aliphatic carbocycles. The molecule has 5 nitrogen and oxygen atoms in total. The molecule has 1 fully saturated rings. The van der Waals surface area contributed by atoms with Crippen molar-refractivity contribution in [1.29, 1.82) is 0 Å². The lowest BCUT2D eigenvalue weighted by atomic mass is 9.99. The maximum Gasteiger partial charge on any atom is 0.236 e. The Morgan fingerprint density at radius 2 is 1.86 bits per heavy atom. The number of para-hydroxylation sites is 1. The van der Waals surface area contributed by atoms with Gasteiger partial charge in [0.15, 0.2) is 0 Å². The summed E-state index contributed by atoms with van der Waals surface area (Å²) in [5.74, 6) is 0.985. The number of fused-ring (bicyclic) bond motifs is 1. The summed E-state index contributed by atoms with van der Waals surface area (Å²) in [4.78, 5) is 19.7. The molecule has 0 radical (unpaired) electrons. The molecule has 0 unspecified atom stereocenters. The fraction of sp³-hybridized carbons (Fsp3) is 0.484. The summed E-state index contributed by atoms with van der Waals surface area (Å²) in [5.41, 5.74) is 2.85. The van der Waals surface area contributed by atoms with Crippen LogP contribution in [0.4, 0.5) is 0 Å². The van der Waals surface area contributed by atoms with Crippen LogP contribution in [0, 0.1) is 5.41 Å². The average Bonchev–Trinajstić information content (AvgIpc) is 3.55. The van der Waals surface area contributed by atoms with Crippen molar-refractivity contribution in [2.24, 2.45) is 10.4 Å². The smallest absolute Gasteiger partial charge is 0.236 e. The van der Waals surface area contributed by atoms with Gasteiger partial charge in [-0.1, -0.05) is 52.3 Å². The van der Waals surface area contributed by atoms with Crippen LogP contribution in [-0.4, -0.2) is 30.1 Å². The van der Waals surface area contributed by atoms with E-state index in [4.69, 9.17) is 9.15 Å². The van der Waals surface area contributed by atoms with E-state index in [1.807, 2.05) is 60.5 Å². The predicted octanol–water partition coefficient (Wildman–Crippen LogP) is 8.45. The van der Waals surface area contributed by atoms with Crippen molar-refractivity contribution in [3.05, 3.63) is 72.0 Å². The summed E-state index contributed by atoms with van der Waals surface area (Å²) in [6.45, 7) is 13.8. The van der Waals surface area contributed by atoms with Crippen molar-refractivity contribution in [3.63, 3.8) is 0 Å². The molecule has 4 rings (SSSR count). The van der Waals surface area contributed by atoms with Gasteiger partial charge >= 0.3 is 0 Å². The van der Waals surface area contributed by atoms with E-state index in [9.17, 15) is 4.79 Å². The molecule has 0 N–H and O–H groups in total. The number of furan rings is 1. The number of hydrogen-bond acceptors (Lipinski definition) is 4. The zero-order valence-corrected chi connectivity index (χ0v) is 23.0. The molecule has 0 bridgehead atoms. The minimum atomic E-state index is -0.447. The quantitative estimate of drug-likeness (QED) is 0.288. The number of hydrogen-bond donors (Lipinski definition) is 0. The Balaban J connectivity index is 0.000000310. The number of benzene rings is 1. The molecule has 1 aliphatic heterocycles. The Bertz CT molecular complexity index is 1040. The average molecular weight is 493 g/mol. The fourth-order valence-electron chi connectivity index (χ4n) is 3.94. The highest BCUT2D eigenvalue weighted by molar-refractivity contribution is 5.88. The number of carbonyl (C=O) groups excluding carboxylic acids is 1. The van der Waals surface area contributed by atoms with Gasteiger partial charge in [-0.15, -0.1) is 0 Å². The van der Waals surface area contributed by atoms with E-state index >= 15 is 0 Å². The van der Waals surface area contributed by atoms with Gasteiger partial charge in [-0.3, -0.25) is 9.79 Å². The Kier molecular flexibility index (Phi) is 12.2. The van der Waals surface area contributed by atoms with Crippen LogP contribution in [0.15, 0.2) is 81.4 Å². The van der Waals surface area contributed by atoms with E-state index in [0.29, 0.717) is 6.54 Å². The molecule has 0 saturated heterocycles. The third-order valence-corrected chi connectivity index (χ3v) is 6.09. The number of allylic oxidation sites excluding steroid dienone is 2. The van der Waals surface area contributed by atoms with Gasteiger partial charge in [0, 0.05) is 18.1 Å². The van der Waals surface area contributed by atoms with Crippen molar-refractivity contribution >= 4 is 23.1 Å². The molecule has 5 heteroatoms. The first-order valence-corrected chi connectivity index (χ1v) is 13.4. The highest BCUT2D eigenvalue weighted by atomic mass is 16.5. The first-order valence-electron chi connectivity index (χ1n) is 13.4. The standard InChI is InChI=1S/C20H30N2O2.C8H6O.C3H8/c1-5-8-14-24-18(7-3)20(10-11-20)19(23)22-13-9-16(4)17(15-22)21-12-6-2;1-2-4-8-7(3-1)5-6-9-8;1-3-2/h7-8,12,14H,5-6,9-11,13,15H2,1-4H3;1-6H;3H2,1-2H3/b14-8+,18-7-,21-12?;;. The molecule has 1 aromatic carbocycles. The summed E-state index contributed by atoms with van der Waals surface area (Å²) in [7, 11) is 0. The molecule has 2 aromatic rings. The van der Waals surface area contributed by atoms with E-state index < -0.39 is 5.41 Å². The lowest BCUT2D eigenvalue weighted by molar-refractivity contribution is -0.136. The second-order valence-electron chi connectivity index (χ2n) is 9.22. The van der Waals surface area contributed by atoms with Crippen LogP contribution in [0.2, 0.25) is 0 Å².